The van der Waals surface area contributed by atoms with Crippen molar-refractivity contribution in [2.45, 2.75) is 13.0 Å². The van der Waals surface area contributed by atoms with Crippen molar-refractivity contribution in [1.82, 2.24) is 20.2 Å². The molecule has 0 atom stereocenters. The Hall–Kier alpha value is -4.27. The van der Waals surface area contributed by atoms with Gasteiger partial charge in [0.15, 0.2) is 11.5 Å². The summed E-state index contributed by atoms with van der Waals surface area (Å²) in [5.41, 5.74) is 1.18. The highest BCUT2D eigenvalue weighted by Gasteiger charge is 2.16. The lowest BCUT2D eigenvalue weighted by atomic mass is 10.1. The quantitative estimate of drug-likeness (QED) is 0.334. The minimum Gasteiger partial charge on any atom is -0.497 e. The molecule has 0 saturated heterocycles. The number of nitrogens with zero attached hydrogens (tertiary/aromatic N) is 2. The molecule has 0 fully saturated rings. The molecule has 0 saturated carbocycles. The van der Waals surface area contributed by atoms with Gasteiger partial charge in [0.05, 0.1) is 27.7 Å². The van der Waals surface area contributed by atoms with E-state index in [1.165, 1.54) is 14.2 Å². The van der Waals surface area contributed by atoms with Crippen LogP contribution in [0.25, 0.3) is 6.08 Å². The van der Waals surface area contributed by atoms with Crippen LogP contribution in [-0.2, 0) is 11.3 Å². The van der Waals surface area contributed by atoms with Gasteiger partial charge in [0.2, 0.25) is 0 Å². The Labute approximate surface area is 198 Å². The van der Waals surface area contributed by atoms with Crippen molar-refractivity contribution in [3.8, 4) is 17.2 Å². The summed E-state index contributed by atoms with van der Waals surface area (Å²) >= 11 is 0. The van der Waals surface area contributed by atoms with Crippen LogP contribution >= 0.6 is 0 Å². The second kappa shape index (κ2) is 12.1. The second-order valence-corrected chi connectivity index (χ2v) is 7.27. The number of ether oxygens (including phenoxy) is 3. The predicted molar refractivity (Wildman–Crippen MR) is 128 cm³/mol. The minimum atomic E-state index is -0.450. The van der Waals surface area contributed by atoms with Crippen LogP contribution in [-0.4, -0.2) is 49.2 Å². The first-order chi connectivity index (χ1) is 16.5. The van der Waals surface area contributed by atoms with E-state index < -0.39 is 11.8 Å². The van der Waals surface area contributed by atoms with Crippen LogP contribution in [0, 0.1) is 0 Å². The summed E-state index contributed by atoms with van der Waals surface area (Å²) in [7, 11) is 4.59. The first-order valence-electron chi connectivity index (χ1n) is 10.7. The molecule has 2 aromatic carbocycles. The van der Waals surface area contributed by atoms with Gasteiger partial charge in [-0.3, -0.25) is 9.59 Å². The first kappa shape index (κ1) is 24.4. The Bertz CT molecular complexity index is 1120. The topological polar surface area (TPSA) is 104 Å². The maximum atomic E-state index is 12.9. The van der Waals surface area contributed by atoms with Gasteiger partial charge in [-0.15, -0.1) is 0 Å². The van der Waals surface area contributed by atoms with Gasteiger partial charge >= 0.3 is 0 Å². The number of aryl methyl sites for hydroxylation is 1. The maximum absolute atomic E-state index is 12.9. The van der Waals surface area contributed by atoms with Crippen LogP contribution in [0.3, 0.4) is 0 Å². The third-order valence-electron chi connectivity index (χ3n) is 5.00. The maximum Gasteiger partial charge on any atom is 0.267 e. The third kappa shape index (κ3) is 6.61. The number of aromatic nitrogens is 2. The van der Waals surface area contributed by atoms with Crippen LogP contribution in [0.5, 0.6) is 17.2 Å². The lowest BCUT2D eigenvalue weighted by Gasteiger charge is -2.13. The Morgan fingerprint density at radius 2 is 1.76 bits per heavy atom. The van der Waals surface area contributed by atoms with Gasteiger partial charge in [-0.1, -0.05) is 12.1 Å². The van der Waals surface area contributed by atoms with E-state index in [0.717, 1.165) is 12.1 Å². The molecule has 1 aromatic heterocycles. The molecule has 3 rings (SSSR count). The van der Waals surface area contributed by atoms with E-state index in [0.29, 0.717) is 35.8 Å². The number of rotatable bonds is 11. The standard InChI is InChI=1S/C25H28N4O5/c1-32-20-8-5-18(6-9-20)15-21(25(31)27-11-4-13-29-14-12-26-17-29)28-24(30)19-7-10-22(33-2)23(16-19)34-3/h5-10,12,14-17H,4,11,13H2,1-3H3,(H,27,31)(H,28,30). The summed E-state index contributed by atoms with van der Waals surface area (Å²) in [6.07, 6.45) is 7.61. The van der Waals surface area contributed by atoms with Gasteiger partial charge in [-0.05, 0) is 48.4 Å². The van der Waals surface area contributed by atoms with E-state index in [4.69, 9.17) is 14.2 Å². The monoisotopic (exact) mass is 464 g/mol. The SMILES string of the molecule is COc1ccc(C=C(NC(=O)c2ccc(OC)c(OC)c2)C(=O)NCCCn2ccnc2)cc1. The third-order valence-corrected chi connectivity index (χ3v) is 5.00. The molecule has 0 aliphatic rings. The molecule has 2 amide bonds. The van der Waals surface area contributed by atoms with E-state index >= 15 is 0 Å². The van der Waals surface area contributed by atoms with Gasteiger partial charge in [-0.25, -0.2) is 4.98 Å². The van der Waals surface area contributed by atoms with E-state index in [1.54, 1.807) is 68.2 Å². The highest BCUT2D eigenvalue weighted by Crippen LogP contribution is 2.27. The lowest BCUT2D eigenvalue weighted by molar-refractivity contribution is -0.117. The minimum absolute atomic E-state index is 0.118. The van der Waals surface area contributed by atoms with Crippen LogP contribution in [0.2, 0.25) is 0 Å². The van der Waals surface area contributed by atoms with Gasteiger partial charge in [0.1, 0.15) is 11.4 Å². The van der Waals surface area contributed by atoms with Crippen molar-refractivity contribution >= 4 is 17.9 Å². The number of nitrogens with one attached hydrogen (secondary N) is 2. The molecular weight excluding hydrogens is 436 g/mol. The summed E-state index contributed by atoms with van der Waals surface area (Å²) in [4.78, 5) is 29.9. The zero-order chi connectivity index (χ0) is 24.3. The smallest absolute Gasteiger partial charge is 0.267 e. The van der Waals surface area contributed by atoms with E-state index in [9.17, 15) is 9.59 Å². The number of hydrogen-bond acceptors (Lipinski definition) is 6. The number of amides is 2. The molecule has 0 spiro atoms. The Balaban J connectivity index is 1.75. The van der Waals surface area contributed by atoms with Gasteiger partial charge < -0.3 is 29.4 Å². The van der Waals surface area contributed by atoms with Crippen molar-refractivity contribution in [3.05, 3.63) is 78.0 Å². The number of hydrogen-bond donors (Lipinski definition) is 2. The van der Waals surface area contributed by atoms with Crippen LogP contribution in [0.15, 0.2) is 66.9 Å². The van der Waals surface area contributed by atoms with Crippen LogP contribution in [0.4, 0.5) is 0 Å². The van der Waals surface area contributed by atoms with Gasteiger partial charge in [0.25, 0.3) is 11.8 Å². The second-order valence-electron chi connectivity index (χ2n) is 7.27. The largest absolute Gasteiger partial charge is 0.497 e. The summed E-state index contributed by atoms with van der Waals surface area (Å²) in [6.45, 7) is 1.15. The average molecular weight is 465 g/mol. The fourth-order valence-corrected chi connectivity index (χ4v) is 3.17. The normalized spacial score (nSPS) is 11.0. The number of carbonyl (C=O) groups excluding carboxylic acids is 2. The summed E-state index contributed by atoms with van der Waals surface area (Å²) in [5.74, 6) is 0.769. The fourth-order valence-electron chi connectivity index (χ4n) is 3.17. The molecule has 2 N–H and O–H groups in total. The predicted octanol–water partition coefficient (Wildman–Crippen LogP) is 2.89. The Kier molecular flexibility index (Phi) is 8.67. The molecule has 9 heteroatoms. The first-order valence-corrected chi connectivity index (χ1v) is 10.7. The van der Waals surface area contributed by atoms with Crippen molar-refractivity contribution < 1.29 is 23.8 Å². The molecule has 34 heavy (non-hydrogen) atoms. The molecule has 9 nitrogen and oxygen atoms in total. The highest BCUT2D eigenvalue weighted by atomic mass is 16.5. The van der Waals surface area contributed by atoms with Gasteiger partial charge in [-0.2, -0.15) is 0 Å². The molecule has 0 bridgehead atoms. The lowest BCUT2D eigenvalue weighted by Crippen LogP contribution is -2.35. The number of benzene rings is 2. The Morgan fingerprint density at radius 1 is 1.00 bits per heavy atom. The molecule has 0 aliphatic heterocycles. The number of imidazole rings is 1. The molecule has 3 aromatic rings. The summed E-state index contributed by atoms with van der Waals surface area (Å²) < 4.78 is 17.6. The van der Waals surface area contributed by atoms with Crippen molar-refractivity contribution in [1.29, 1.82) is 0 Å². The van der Waals surface area contributed by atoms with Crippen molar-refractivity contribution in [2.24, 2.45) is 0 Å². The molecule has 1 heterocycles. The van der Waals surface area contributed by atoms with Crippen molar-refractivity contribution in [2.75, 3.05) is 27.9 Å². The van der Waals surface area contributed by atoms with Crippen molar-refractivity contribution in [3.63, 3.8) is 0 Å². The zero-order valence-corrected chi connectivity index (χ0v) is 19.4. The van der Waals surface area contributed by atoms with Crippen LogP contribution < -0.4 is 24.8 Å². The number of carbonyl (C=O) groups is 2. The molecule has 178 valence electrons. The average Bonchev–Trinajstić information content (AvgIpc) is 3.39. The van der Waals surface area contributed by atoms with Gasteiger partial charge in [0, 0.05) is 31.0 Å². The highest BCUT2D eigenvalue weighted by molar-refractivity contribution is 6.05. The number of methoxy groups -OCH3 is 3. The molecule has 0 radical (unpaired) electrons. The van der Waals surface area contributed by atoms with Crippen LogP contribution in [0.1, 0.15) is 22.3 Å². The van der Waals surface area contributed by atoms with E-state index in [-0.39, 0.29) is 5.70 Å². The Morgan fingerprint density at radius 3 is 2.41 bits per heavy atom. The van der Waals surface area contributed by atoms with E-state index in [2.05, 4.69) is 15.6 Å². The zero-order valence-electron chi connectivity index (χ0n) is 19.4. The summed E-state index contributed by atoms with van der Waals surface area (Å²) in [6, 6.07) is 12.0. The summed E-state index contributed by atoms with van der Waals surface area (Å²) in [5, 5.41) is 5.58. The molecule has 0 aliphatic carbocycles. The molecule has 0 unspecified atom stereocenters. The molecular formula is C25H28N4O5. The van der Waals surface area contributed by atoms with E-state index in [1.807, 2.05) is 10.8 Å². The fraction of sp³-hybridized carbons (Fsp3) is 0.240.